The summed E-state index contributed by atoms with van der Waals surface area (Å²) in [6.07, 6.45) is -0.717. The average Bonchev–Trinajstić information content (AvgIpc) is 2.47. The van der Waals surface area contributed by atoms with Gasteiger partial charge in [-0.3, -0.25) is 0 Å². The number of alkyl halides is 1. The normalized spacial score (nSPS) is 13.6. The van der Waals surface area contributed by atoms with Gasteiger partial charge in [-0.15, -0.1) is 0 Å². The van der Waals surface area contributed by atoms with Gasteiger partial charge in [-0.05, 0) is 50.4 Å². The van der Waals surface area contributed by atoms with Gasteiger partial charge in [0.1, 0.15) is 0 Å². The average molecular weight is 348 g/mol. The second-order valence-electron chi connectivity index (χ2n) is 4.36. The van der Waals surface area contributed by atoms with E-state index in [0.717, 1.165) is 5.56 Å². The number of aryl methyl sites for hydroxylation is 1. The van der Waals surface area contributed by atoms with Crippen LogP contribution < -0.4 is 0 Å². The smallest absolute Gasteiger partial charge is 0.0278 e. The van der Waals surface area contributed by atoms with Gasteiger partial charge in [0.2, 0.25) is 0 Å². The largest absolute Gasteiger partial charge is 0.0864 e. The van der Waals surface area contributed by atoms with Crippen molar-refractivity contribution in [1.82, 2.24) is 0 Å². The predicted molar refractivity (Wildman–Crippen MR) is 88.7 cm³/mol. The van der Waals surface area contributed by atoms with E-state index in [4.69, 9.17) is 2.74 Å². The number of hydrogen-bond donors (Lipinski definition) is 0. The van der Waals surface area contributed by atoms with E-state index in [9.17, 15) is 0 Å². The number of rotatable bonds is 3. The lowest BCUT2D eigenvalue weighted by Crippen LogP contribution is -1.91. The standard InChI is InChI=1S/C17H15I/c18-11-5-10-17-15-8-3-1-6-13(15)12-14-7-2-4-9-16(14)17/h1-4,6-9,12H,5,10-11H2/i5D2. The molecule has 3 aromatic rings. The van der Waals surface area contributed by atoms with Crippen LogP contribution in [0.5, 0.6) is 0 Å². The number of fused-ring (bicyclic) bond motifs is 2. The molecule has 0 aliphatic carbocycles. The Labute approximate surface area is 124 Å². The zero-order valence-electron chi connectivity index (χ0n) is 12.0. The molecule has 0 spiro atoms. The molecule has 18 heavy (non-hydrogen) atoms. The fourth-order valence-electron chi connectivity index (χ4n) is 2.47. The van der Waals surface area contributed by atoms with Gasteiger partial charge in [-0.25, -0.2) is 0 Å². The Morgan fingerprint density at radius 1 is 0.889 bits per heavy atom. The van der Waals surface area contributed by atoms with E-state index in [1.54, 1.807) is 0 Å². The van der Waals surface area contributed by atoms with E-state index in [0.29, 0.717) is 10.8 Å². The molecule has 0 aliphatic heterocycles. The summed E-state index contributed by atoms with van der Waals surface area (Å²) < 4.78 is 16.7. The topological polar surface area (TPSA) is 0 Å². The molecule has 0 heterocycles. The zero-order chi connectivity index (χ0) is 14.2. The van der Waals surface area contributed by atoms with Gasteiger partial charge in [-0.2, -0.15) is 0 Å². The minimum Gasteiger partial charge on any atom is -0.0864 e. The van der Waals surface area contributed by atoms with Gasteiger partial charge in [0.15, 0.2) is 0 Å². The van der Waals surface area contributed by atoms with E-state index in [1.165, 1.54) is 21.5 Å². The van der Waals surface area contributed by atoms with Crippen molar-refractivity contribution in [2.75, 3.05) is 4.43 Å². The molecular formula is C17H15I. The van der Waals surface area contributed by atoms with Crippen LogP contribution in [0.15, 0.2) is 54.6 Å². The van der Waals surface area contributed by atoms with Crippen LogP contribution in [0, 0.1) is 0 Å². The first-order chi connectivity index (χ1) is 9.61. The van der Waals surface area contributed by atoms with E-state index in [-0.39, 0.29) is 0 Å². The molecule has 90 valence electrons. The minimum absolute atomic E-state index is 0.456. The molecule has 0 bridgehead atoms. The molecule has 0 saturated carbocycles. The second-order valence-corrected chi connectivity index (χ2v) is 5.12. The lowest BCUT2D eigenvalue weighted by Gasteiger charge is -2.10. The summed E-state index contributed by atoms with van der Waals surface area (Å²) in [5.41, 5.74) is 1.13. The van der Waals surface area contributed by atoms with Gasteiger partial charge in [0.25, 0.3) is 0 Å². The lowest BCUT2D eigenvalue weighted by atomic mass is 9.94. The number of hydrogen-bond acceptors (Lipinski definition) is 0. The van der Waals surface area contributed by atoms with Crippen LogP contribution in [0.3, 0.4) is 0 Å². The maximum atomic E-state index is 8.12. The Morgan fingerprint density at radius 3 is 2.00 bits per heavy atom. The minimum atomic E-state index is -1.17. The molecule has 0 amide bonds. The Bertz CT molecular complexity index is 711. The third-order valence-corrected chi connectivity index (χ3v) is 3.82. The van der Waals surface area contributed by atoms with Gasteiger partial charge >= 0.3 is 0 Å². The third kappa shape index (κ3) is 2.12. The Kier molecular flexibility index (Phi) is 2.87. The van der Waals surface area contributed by atoms with Crippen molar-refractivity contribution in [1.29, 1.82) is 0 Å². The SMILES string of the molecule is [2H]C([2H])(CI)Cc1c2ccccc2cc2ccccc12. The highest BCUT2D eigenvalue weighted by Crippen LogP contribution is 2.29. The molecular weight excluding hydrogens is 331 g/mol. The van der Waals surface area contributed by atoms with Crippen LogP contribution in [0.25, 0.3) is 21.5 Å². The van der Waals surface area contributed by atoms with Crippen molar-refractivity contribution in [2.45, 2.75) is 12.8 Å². The third-order valence-electron chi connectivity index (χ3n) is 3.28. The van der Waals surface area contributed by atoms with Crippen LogP contribution >= 0.6 is 22.6 Å². The summed E-state index contributed by atoms with van der Waals surface area (Å²) in [6.45, 7) is 0. The van der Waals surface area contributed by atoms with E-state index >= 15 is 0 Å². The number of halogens is 1. The summed E-state index contributed by atoms with van der Waals surface area (Å²) in [4.78, 5) is 0. The number of benzene rings is 3. The maximum Gasteiger partial charge on any atom is 0.0278 e. The van der Waals surface area contributed by atoms with Crippen LogP contribution in [-0.4, -0.2) is 4.43 Å². The molecule has 0 saturated heterocycles. The van der Waals surface area contributed by atoms with Gasteiger partial charge < -0.3 is 0 Å². The summed E-state index contributed by atoms with van der Waals surface area (Å²) in [6, 6.07) is 18.7. The molecule has 0 nitrogen and oxygen atoms in total. The molecule has 0 fully saturated rings. The monoisotopic (exact) mass is 348 g/mol. The Morgan fingerprint density at radius 2 is 1.44 bits per heavy atom. The Balaban J connectivity index is 2.33. The zero-order valence-corrected chi connectivity index (χ0v) is 12.1. The molecule has 0 atom stereocenters. The van der Waals surface area contributed by atoms with Crippen LogP contribution in [-0.2, 0) is 6.42 Å². The highest BCUT2D eigenvalue weighted by atomic mass is 127. The molecule has 3 aromatic carbocycles. The quantitative estimate of drug-likeness (QED) is 0.340. The summed E-state index contributed by atoms with van der Waals surface area (Å²) in [5.74, 6) is 0. The Hall–Kier alpha value is -1.09. The van der Waals surface area contributed by atoms with Crippen LogP contribution in [0.2, 0.25) is 0 Å². The van der Waals surface area contributed by atoms with Gasteiger partial charge in [0, 0.05) is 2.74 Å². The molecule has 1 heteroatoms. The summed E-state index contributed by atoms with van der Waals surface area (Å²) in [7, 11) is 0. The highest BCUT2D eigenvalue weighted by molar-refractivity contribution is 14.1. The van der Waals surface area contributed by atoms with E-state index in [2.05, 4.69) is 52.9 Å². The van der Waals surface area contributed by atoms with Crippen molar-refractivity contribution in [3.63, 3.8) is 0 Å². The lowest BCUT2D eigenvalue weighted by molar-refractivity contribution is 0.962. The summed E-state index contributed by atoms with van der Waals surface area (Å²) in [5, 5.41) is 4.70. The van der Waals surface area contributed by atoms with Crippen molar-refractivity contribution in [3.05, 3.63) is 60.2 Å². The van der Waals surface area contributed by atoms with Crippen LogP contribution in [0.1, 0.15) is 14.7 Å². The van der Waals surface area contributed by atoms with Crippen LogP contribution in [0.4, 0.5) is 0 Å². The first kappa shape index (κ1) is 9.79. The fourth-order valence-corrected chi connectivity index (χ4v) is 2.74. The molecule has 0 N–H and O–H groups in total. The highest BCUT2D eigenvalue weighted by Gasteiger charge is 2.06. The molecule has 0 aliphatic rings. The van der Waals surface area contributed by atoms with Crippen molar-refractivity contribution >= 4 is 44.1 Å². The fraction of sp³-hybridized carbons (Fsp3) is 0.176. The molecule has 0 aromatic heterocycles. The van der Waals surface area contributed by atoms with Gasteiger partial charge in [0.05, 0.1) is 0 Å². The maximum absolute atomic E-state index is 8.12. The first-order valence-electron chi connectivity index (χ1n) is 7.06. The van der Waals surface area contributed by atoms with Crippen molar-refractivity contribution < 1.29 is 2.74 Å². The first-order valence-corrected chi connectivity index (χ1v) is 7.59. The van der Waals surface area contributed by atoms with Crippen molar-refractivity contribution in [2.24, 2.45) is 0 Å². The van der Waals surface area contributed by atoms with Gasteiger partial charge in [-0.1, -0.05) is 71.1 Å². The predicted octanol–water partition coefficient (Wildman–Crippen LogP) is 5.36. The molecule has 0 radical (unpaired) electrons. The summed E-state index contributed by atoms with van der Waals surface area (Å²) >= 11 is 2.13. The van der Waals surface area contributed by atoms with Crippen molar-refractivity contribution in [3.8, 4) is 0 Å². The molecule has 3 rings (SSSR count). The molecule has 0 unspecified atom stereocenters. The van der Waals surface area contributed by atoms with E-state index in [1.807, 2.05) is 24.3 Å². The van der Waals surface area contributed by atoms with E-state index < -0.39 is 6.37 Å². The second kappa shape index (κ2) is 5.27.